The summed E-state index contributed by atoms with van der Waals surface area (Å²) in [5.74, 6) is 0.224. The van der Waals surface area contributed by atoms with Crippen molar-refractivity contribution in [3.05, 3.63) is 12.2 Å². The maximum absolute atomic E-state index is 11.6. The minimum absolute atomic E-state index is 0.163. The third kappa shape index (κ3) is 1.78. The second-order valence-corrected chi connectivity index (χ2v) is 10.1. The largest absolute Gasteiger partial charge is 0.392 e. The van der Waals surface area contributed by atoms with Crippen molar-refractivity contribution in [3.63, 3.8) is 0 Å². The molecular weight excluding hydrogens is 304 g/mol. The topological polar surface area (TPSA) is 80.9 Å². The van der Waals surface area contributed by atoms with Crippen LogP contribution in [-0.2, 0) is 0 Å². The number of fused-ring (bicyclic) bond motifs is 2. The fourth-order valence-electron chi connectivity index (χ4n) is 7.16. The molecule has 4 heteroatoms. The van der Waals surface area contributed by atoms with Crippen LogP contribution in [0.25, 0.3) is 0 Å². The Balaban J connectivity index is 1.81. The van der Waals surface area contributed by atoms with Crippen LogP contribution >= 0.6 is 0 Å². The molecule has 8 atom stereocenters. The van der Waals surface area contributed by atoms with Gasteiger partial charge in [0.2, 0.25) is 0 Å². The number of aliphatic hydroxyl groups is 4. The Kier molecular flexibility index (Phi) is 3.29. The van der Waals surface area contributed by atoms with Gasteiger partial charge in [-0.15, -0.1) is 0 Å². The van der Waals surface area contributed by atoms with Crippen molar-refractivity contribution in [2.45, 2.75) is 82.7 Å². The number of rotatable bonds is 0. The highest BCUT2D eigenvalue weighted by Gasteiger charge is 2.69. The molecule has 24 heavy (non-hydrogen) atoms. The molecule has 0 unspecified atom stereocenters. The van der Waals surface area contributed by atoms with Crippen LogP contribution in [0.2, 0.25) is 0 Å². The van der Waals surface area contributed by atoms with Crippen LogP contribution < -0.4 is 0 Å². The van der Waals surface area contributed by atoms with Gasteiger partial charge in [0.25, 0.3) is 0 Å². The number of hydrogen-bond acceptors (Lipinski definition) is 4. The SMILES string of the molecule is C=C1[C@H]2CC[C@@H]3C[C@@]2(C[C@H](O)[C@]2(O)[C@@H]1C[C@H](O)C2(C)C)C[C@@]3(C)O. The lowest BCUT2D eigenvalue weighted by Gasteiger charge is -2.45. The van der Waals surface area contributed by atoms with Gasteiger partial charge in [0.05, 0.1) is 17.8 Å². The number of aliphatic hydroxyl groups excluding tert-OH is 2. The molecule has 0 radical (unpaired) electrons. The molecular formula is C20H32O4. The monoisotopic (exact) mass is 336 g/mol. The molecule has 0 heterocycles. The average Bonchev–Trinajstić information content (AvgIpc) is 2.76. The summed E-state index contributed by atoms with van der Waals surface area (Å²) >= 11 is 0. The highest BCUT2D eigenvalue weighted by atomic mass is 16.4. The Morgan fingerprint density at radius 2 is 1.62 bits per heavy atom. The van der Waals surface area contributed by atoms with Crippen LogP contribution in [0.5, 0.6) is 0 Å². The summed E-state index contributed by atoms with van der Waals surface area (Å²) in [6, 6.07) is 0. The quantitative estimate of drug-likeness (QED) is 0.510. The normalized spacial score (nSPS) is 59.0. The fourth-order valence-corrected chi connectivity index (χ4v) is 7.16. The molecule has 4 fully saturated rings. The molecule has 0 saturated heterocycles. The van der Waals surface area contributed by atoms with Crippen molar-refractivity contribution < 1.29 is 20.4 Å². The summed E-state index contributed by atoms with van der Waals surface area (Å²) in [4.78, 5) is 0. The van der Waals surface area contributed by atoms with Gasteiger partial charge in [-0.3, -0.25) is 0 Å². The van der Waals surface area contributed by atoms with Crippen molar-refractivity contribution in [3.8, 4) is 0 Å². The van der Waals surface area contributed by atoms with Crippen LogP contribution in [0.4, 0.5) is 0 Å². The molecule has 0 aromatic rings. The average molecular weight is 336 g/mol. The first-order valence-corrected chi connectivity index (χ1v) is 9.45. The Morgan fingerprint density at radius 3 is 2.29 bits per heavy atom. The lowest BCUT2D eigenvalue weighted by Crippen LogP contribution is -2.56. The van der Waals surface area contributed by atoms with E-state index in [1.165, 1.54) is 0 Å². The van der Waals surface area contributed by atoms with E-state index in [0.29, 0.717) is 19.3 Å². The molecule has 136 valence electrons. The van der Waals surface area contributed by atoms with Gasteiger partial charge in [-0.1, -0.05) is 26.0 Å². The van der Waals surface area contributed by atoms with Crippen molar-refractivity contribution >= 4 is 0 Å². The van der Waals surface area contributed by atoms with Gasteiger partial charge in [-0.2, -0.15) is 0 Å². The van der Waals surface area contributed by atoms with E-state index >= 15 is 0 Å². The van der Waals surface area contributed by atoms with Crippen LogP contribution in [0.3, 0.4) is 0 Å². The van der Waals surface area contributed by atoms with Crippen LogP contribution in [-0.4, -0.2) is 43.8 Å². The van der Waals surface area contributed by atoms with E-state index in [0.717, 1.165) is 24.8 Å². The Morgan fingerprint density at radius 1 is 0.958 bits per heavy atom. The Labute approximate surface area is 144 Å². The second-order valence-electron chi connectivity index (χ2n) is 10.1. The lowest BCUT2D eigenvalue weighted by molar-refractivity contribution is -0.169. The van der Waals surface area contributed by atoms with Crippen LogP contribution in [0, 0.1) is 28.6 Å². The zero-order chi connectivity index (χ0) is 17.7. The van der Waals surface area contributed by atoms with Crippen molar-refractivity contribution in [2.75, 3.05) is 0 Å². The van der Waals surface area contributed by atoms with Crippen molar-refractivity contribution in [1.29, 1.82) is 0 Å². The van der Waals surface area contributed by atoms with E-state index in [9.17, 15) is 20.4 Å². The summed E-state index contributed by atoms with van der Waals surface area (Å²) in [6.07, 6.45) is 2.95. The van der Waals surface area contributed by atoms with E-state index in [1.54, 1.807) is 0 Å². The molecule has 4 rings (SSSR count). The fraction of sp³-hybridized carbons (Fsp3) is 0.900. The maximum Gasteiger partial charge on any atom is 0.105 e. The van der Waals surface area contributed by atoms with Gasteiger partial charge >= 0.3 is 0 Å². The standard InChI is InChI=1S/C20H32O4/c1-11-13-6-5-12-8-19(13,10-18(12,4)23)9-16(22)20(24)14(11)7-15(21)17(20,2)3/h12-16,21-24H,1,5-10H2,2-4H3/t12-,13-,14-,15+,16+,18-,19-,20-/m1/s1. The van der Waals surface area contributed by atoms with Gasteiger partial charge in [0.15, 0.2) is 0 Å². The molecule has 0 aliphatic heterocycles. The molecule has 0 aromatic heterocycles. The zero-order valence-corrected chi connectivity index (χ0v) is 15.1. The van der Waals surface area contributed by atoms with Crippen LogP contribution in [0.15, 0.2) is 12.2 Å². The first-order chi connectivity index (χ1) is 11.0. The highest BCUT2D eigenvalue weighted by molar-refractivity contribution is 5.30. The van der Waals surface area contributed by atoms with E-state index in [2.05, 4.69) is 6.58 Å². The van der Waals surface area contributed by atoms with E-state index < -0.39 is 28.8 Å². The minimum Gasteiger partial charge on any atom is -0.392 e. The summed E-state index contributed by atoms with van der Waals surface area (Å²) in [5.41, 5.74) is -1.98. The van der Waals surface area contributed by atoms with Crippen molar-refractivity contribution in [2.24, 2.45) is 28.6 Å². The van der Waals surface area contributed by atoms with Crippen LogP contribution in [0.1, 0.15) is 59.3 Å². The summed E-state index contributed by atoms with van der Waals surface area (Å²) in [6.45, 7) is 10.0. The molecule has 4 nitrogen and oxygen atoms in total. The summed E-state index contributed by atoms with van der Waals surface area (Å²) < 4.78 is 0. The first-order valence-electron chi connectivity index (χ1n) is 9.45. The Hall–Kier alpha value is -0.420. The van der Waals surface area contributed by atoms with Gasteiger partial charge < -0.3 is 20.4 Å². The highest BCUT2D eigenvalue weighted by Crippen LogP contribution is 2.68. The minimum atomic E-state index is -1.35. The molecule has 4 saturated carbocycles. The van der Waals surface area contributed by atoms with Gasteiger partial charge in [-0.05, 0) is 62.7 Å². The molecule has 1 spiro atoms. The molecule has 4 aliphatic carbocycles. The molecule has 0 amide bonds. The molecule has 2 bridgehead atoms. The third-order valence-electron chi connectivity index (χ3n) is 8.64. The smallest absolute Gasteiger partial charge is 0.105 e. The zero-order valence-electron chi connectivity index (χ0n) is 15.1. The predicted molar refractivity (Wildman–Crippen MR) is 91.1 cm³/mol. The summed E-state index contributed by atoms with van der Waals surface area (Å²) in [7, 11) is 0. The maximum atomic E-state index is 11.6. The van der Waals surface area contributed by atoms with E-state index in [-0.39, 0.29) is 23.2 Å². The van der Waals surface area contributed by atoms with Gasteiger partial charge in [0, 0.05) is 11.3 Å². The lowest BCUT2D eigenvalue weighted by atomic mass is 9.63. The third-order valence-corrected chi connectivity index (χ3v) is 8.64. The number of hydrogen-bond donors (Lipinski definition) is 4. The summed E-state index contributed by atoms with van der Waals surface area (Å²) in [5, 5.41) is 44.1. The van der Waals surface area contributed by atoms with Gasteiger partial charge in [-0.25, -0.2) is 0 Å². The molecule has 4 N–H and O–H groups in total. The van der Waals surface area contributed by atoms with E-state index in [4.69, 9.17) is 0 Å². The second kappa shape index (κ2) is 4.64. The van der Waals surface area contributed by atoms with Gasteiger partial charge in [0.1, 0.15) is 5.60 Å². The Bertz CT molecular complexity index is 582. The van der Waals surface area contributed by atoms with Crippen molar-refractivity contribution in [1.82, 2.24) is 0 Å². The van der Waals surface area contributed by atoms with E-state index in [1.807, 2.05) is 20.8 Å². The molecule has 0 aromatic carbocycles. The first kappa shape index (κ1) is 17.0. The predicted octanol–water partition coefficient (Wildman–Crippen LogP) is 2.00. The molecule has 4 aliphatic rings.